The Morgan fingerprint density at radius 2 is 1.69 bits per heavy atom. The van der Waals surface area contributed by atoms with E-state index in [4.69, 9.17) is 0 Å². The zero-order valence-corrected chi connectivity index (χ0v) is 8.43. The Morgan fingerprint density at radius 3 is 2.23 bits per heavy atom. The summed E-state index contributed by atoms with van der Waals surface area (Å²) in [7, 11) is 0. The van der Waals surface area contributed by atoms with Gasteiger partial charge in [-0.25, -0.2) is 0 Å². The topological polar surface area (TPSA) is 17.1 Å². The summed E-state index contributed by atoms with van der Waals surface area (Å²) in [5.41, 5.74) is 0. The Kier molecular flexibility index (Phi) is 3.02. The van der Waals surface area contributed by atoms with Crippen molar-refractivity contribution in [3.05, 3.63) is 0 Å². The van der Waals surface area contributed by atoms with Crippen molar-refractivity contribution in [2.24, 2.45) is 11.8 Å². The second-order valence-corrected chi connectivity index (χ2v) is 4.78. The van der Waals surface area contributed by atoms with Crippen LogP contribution in [0.1, 0.15) is 57.8 Å². The van der Waals surface area contributed by atoms with Gasteiger partial charge in [0.25, 0.3) is 0 Å². The minimum absolute atomic E-state index is 0.474. The van der Waals surface area contributed by atoms with Crippen molar-refractivity contribution >= 4 is 5.78 Å². The molecule has 0 amide bonds. The molecule has 0 radical (unpaired) electrons. The number of rotatable bonds is 4. The van der Waals surface area contributed by atoms with E-state index in [0.29, 0.717) is 11.7 Å². The summed E-state index contributed by atoms with van der Waals surface area (Å²) in [4.78, 5) is 11.6. The molecule has 0 N–H and O–H groups in total. The molecule has 74 valence electrons. The summed E-state index contributed by atoms with van der Waals surface area (Å²) in [6.07, 6.45) is 11.3. The maximum atomic E-state index is 11.6. The molecule has 2 fully saturated rings. The Balaban J connectivity index is 1.63. The van der Waals surface area contributed by atoms with Crippen LogP contribution in [-0.2, 0) is 4.79 Å². The van der Waals surface area contributed by atoms with Gasteiger partial charge in [0, 0.05) is 12.3 Å². The first-order valence-corrected chi connectivity index (χ1v) is 5.89. The molecule has 0 aromatic rings. The van der Waals surface area contributed by atoms with Gasteiger partial charge < -0.3 is 0 Å². The lowest BCUT2D eigenvalue weighted by Crippen LogP contribution is -2.22. The number of carbonyl (C=O) groups excluding carboxylic acids is 1. The van der Waals surface area contributed by atoms with Crippen molar-refractivity contribution in [1.29, 1.82) is 0 Å². The first-order chi connectivity index (χ1) is 6.36. The first kappa shape index (κ1) is 9.23. The van der Waals surface area contributed by atoms with Gasteiger partial charge in [-0.2, -0.15) is 0 Å². The predicted molar refractivity (Wildman–Crippen MR) is 53.5 cm³/mol. The number of carbonyl (C=O) groups is 1. The minimum Gasteiger partial charge on any atom is -0.299 e. The van der Waals surface area contributed by atoms with Gasteiger partial charge >= 0.3 is 0 Å². The Hall–Kier alpha value is -0.330. The van der Waals surface area contributed by atoms with Crippen LogP contribution in [0.25, 0.3) is 0 Å². The molecule has 2 rings (SSSR count). The van der Waals surface area contributed by atoms with Crippen LogP contribution < -0.4 is 0 Å². The van der Waals surface area contributed by atoms with Crippen LogP contribution in [0.3, 0.4) is 0 Å². The average Bonchev–Trinajstić information content (AvgIpc) is 2.49. The quantitative estimate of drug-likeness (QED) is 0.648. The van der Waals surface area contributed by atoms with Gasteiger partial charge in [-0.1, -0.05) is 32.1 Å². The van der Waals surface area contributed by atoms with Crippen LogP contribution in [0.5, 0.6) is 0 Å². The lowest BCUT2D eigenvalue weighted by molar-refractivity contribution is -0.125. The Morgan fingerprint density at radius 1 is 1.00 bits per heavy atom. The van der Waals surface area contributed by atoms with E-state index in [2.05, 4.69) is 0 Å². The van der Waals surface area contributed by atoms with Gasteiger partial charge in [0.15, 0.2) is 0 Å². The van der Waals surface area contributed by atoms with Crippen molar-refractivity contribution in [2.45, 2.75) is 57.8 Å². The van der Waals surface area contributed by atoms with Gasteiger partial charge in [-0.15, -0.1) is 0 Å². The highest BCUT2D eigenvalue weighted by Crippen LogP contribution is 2.32. The van der Waals surface area contributed by atoms with E-state index < -0.39 is 0 Å². The zero-order chi connectivity index (χ0) is 9.10. The number of ketones is 1. The summed E-state index contributed by atoms with van der Waals surface area (Å²) in [6.45, 7) is 0. The highest BCUT2D eigenvalue weighted by atomic mass is 16.1. The monoisotopic (exact) mass is 180 g/mol. The second-order valence-electron chi connectivity index (χ2n) is 4.78. The molecule has 0 atom stereocenters. The summed E-state index contributed by atoms with van der Waals surface area (Å²) in [5.74, 6) is 1.93. The van der Waals surface area contributed by atoms with Crippen molar-refractivity contribution in [3.63, 3.8) is 0 Å². The Bertz CT molecular complexity index is 176. The molecular formula is C12H20O. The third-order valence-corrected chi connectivity index (χ3v) is 3.83. The molecule has 2 aliphatic rings. The molecule has 1 heteroatoms. The van der Waals surface area contributed by atoms with Crippen LogP contribution in [0.4, 0.5) is 0 Å². The molecule has 0 spiro atoms. The van der Waals surface area contributed by atoms with Crippen LogP contribution >= 0.6 is 0 Å². The van der Waals surface area contributed by atoms with E-state index in [1.165, 1.54) is 51.4 Å². The molecule has 0 saturated heterocycles. The van der Waals surface area contributed by atoms with Crippen LogP contribution in [0.2, 0.25) is 0 Å². The first-order valence-electron chi connectivity index (χ1n) is 5.89. The molecule has 0 heterocycles. The highest BCUT2D eigenvalue weighted by Gasteiger charge is 2.25. The molecule has 2 aliphatic carbocycles. The fourth-order valence-electron chi connectivity index (χ4n) is 2.58. The SMILES string of the molecule is O=C(CCC1CCCC1)C1CCC1. The summed E-state index contributed by atoms with van der Waals surface area (Å²) in [6, 6.07) is 0. The van der Waals surface area contributed by atoms with E-state index in [1.54, 1.807) is 0 Å². The van der Waals surface area contributed by atoms with Gasteiger partial charge in [0.1, 0.15) is 5.78 Å². The summed E-state index contributed by atoms with van der Waals surface area (Å²) >= 11 is 0. The molecule has 13 heavy (non-hydrogen) atoms. The largest absolute Gasteiger partial charge is 0.299 e. The normalized spacial score (nSPS) is 24.6. The van der Waals surface area contributed by atoms with E-state index in [0.717, 1.165) is 12.3 Å². The molecule has 0 unspecified atom stereocenters. The van der Waals surface area contributed by atoms with Crippen LogP contribution in [0, 0.1) is 11.8 Å². The highest BCUT2D eigenvalue weighted by molar-refractivity contribution is 5.81. The lowest BCUT2D eigenvalue weighted by Gasteiger charge is -2.24. The van der Waals surface area contributed by atoms with Crippen molar-refractivity contribution < 1.29 is 4.79 Å². The average molecular weight is 180 g/mol. The van der Waals surface area contributed by atoms with Crippen molar-refractivity contribution in [1.82, 2.24) is 0 Å². The molecule has 2 saturated carbocycles. The molecule has 0 aliphatic heterocycles. The molecule has 0 bridgehead atoms. The van der Waals surface area contributed by atoms with Crippen LogP contribution in [0.15, 0.2) is 0 Å². The Labute approximate surface area is 80.9 Å². The van der Waals surface area contributed by atoms with Crippen molar-refractivity contribution in [3.8, 4) is 0 Å². The lowest BCUT2D eigenvalue weighted by atomic mass is 9.80. The molecule has 0 aromatic carbocycles. The maximum absolute atomic E-state index is 11.6. The van der Waals surface area contributed by atoms with Gasteiger partial charge in [-0.3, -0.25) is 4.79 Å². The number of Topliss-reactive ketones (excluding diaryl/α,β-unsaturated/α-hetero) is 1. The summed E-state index contributed by atoms with van der Waals surface area (Å²) in [5, 5.41) is 0. The third-order valence-electron chi connectivity index (χ3n) is 3.83. The molecule has 0 aromatic heterocycles. The van der Waals surface area contributed by atoms with Crippen LogP contribution in [-0.4, -0.2) is 5.78 Å². The van der Waals surface area contributed by atoms with E-state index in [-0.39, 0.29) is 0 Å². The van der Waals surface area contributed by atoms with Crippen molar-refractivity contribution in [2.75, 3.05) is 0 Å². The number of hydrogen-bond donors (Lipinski definition) is 0. The summed E-state index contributed by atoms with van der Waals surface area (Å²) < 4.78 is 0. The second kappa shape index (κ2) is 4.26. The predicted octanol–water partition coefficient (Wildman–Crippen LogP) is 3.33. The fourth-order valence-corrected chi connectivity index (χ4v) is 2.58. The van der Waals surface area contributed by atoms with Gasteiger partial charge in [0.05, 0.1) is 0 Å². The third kappa shape index (κ3) is 2.32. The van der Waals surface area contributed by atoms with Gasteiger partial charge in [-0.05, 0) is 25.2 Å². The minimum atomic E-state index is 0.474. The van der Waals surface area contributed by atoms with Gasteiger partial charge in [0.2, 0.25) is 0 Å². The maximum Gasteiger partial charge on any atom is 0.135 e. The van der Waals surface area contributed by atoms with E-state index in [1.807, 2.05) is 0 Å². The smallest absolute Gasteiger partial charge is 0.135 e. The molecule has 1 nitrogen and oxygen atoms in total. The fraction of sp³-hybridized carbons (Fsp3) is 0.917. The zero-order valence-electron chi connectivity index (χ0n) is 8.43. The number of hydrogen-bond acceptors (Lipinski definition) is 1. The standard InChI is InChI=1S/C12H20O/c13-12(11-6-3-7-11)9-8-10-4-1-2-5-10/h10-11H,1-9H2. The van der Waals surface area contributed by atoms with E-state index >= 15 is 0 Å². The molecular weight excluding hydrogens is 160 g/mol. The van der Waals surface area contributed by atoms with E-state index in [9.17, 15) is 4.79 Å².